The van der Waals surface area contributed by atoms with Crippen LogP contribution in [0.25, 0.3) is 0 Å². The van der Waals surface area contributed by atoms with E-state index in [4.69, 9.17) is 23.2 Å². The summed E-state index contributed by atoms with van der Waals surface area (Å²) in [5, 5.41) is 6.39. The fourth-order valence-corrected chi connectivity index (χ4v) is 4.87. The van der Waals surface area contributed by atoms with E-state index >= 15 is 0 Å². The third-order valence-electron chi connectivity index (χ3n) is 4.48. The van der Waals surface area contributed by atoms with Gasteiger partial charge in [0.05, 0.1) is 27.2 Å². The number of benzene rings is 2. The largest absolute Gasteiger partial charge is 0.375 e. The number of hydrogen-bond acceptors (Lipinski definition) is 4. The molecule has 1 saturated heterocycles. The Kier molecular flexibility index (Phi) is 6.82. The summed E-state index contributed by atoms with van der Waals surface area (Å²) in [5.74, 6) is -0.289. The van der Waals surface area contributed by atoms with E-state index in [0.29, 0.717) is 34.5 Å². The Morgan fingerprint density at radius 3 is 2.36 bits per heavy atom. The molecular weight excluding hydrogens is 421 g/mol. The minimum atomic E-state index is -3.48. The third-order valence-corrected chi connectivity index (χ3v) is 7.21. The predicted octanol–water partition coefficient (Wildman–Crippen LogP) is 4.22. The van der Waals surface area contributed by atoms with E-state index < -0.39 is 10.0 Å². The molecule has 0 radical (unpaired) electrons. The van der Waals surface area contributed by atoms with Gasteiger partial charge in [-0.05, 0) is 49.2 Å². The first kappa shape index (κ1) is 20.9. The van der Waals surface area contributed by atoms with Gasteiger partial charge in [0, 0.05) is 18.8 Å². The summed E-state index contributed by atoms with van der Waals surface area (Å²) < 4.78 is 26.8. The zero-order valence-electron chi connectivity index (χ0n) is 15.1. The monoisotopic (exact) mass is 441 g/mol. The molecule has 28 heavy (non-hydrogen) atoms. The number of amides is 1. The molecule has 2 aromatic rings. The van der Waals surface area contributed by atoms with Crippen LogP contribution in [0, 0.1) is 0 Å². The summed E-state index contributed by atoms with van der Waals surface area (Å²) >= 11 is 12.0. The number of anilines is 2. The normalized spacial score (nSPS) is 15.2. The zero-order valence-corrected chi connectivity index (χ0v) is 17.4. The van der Waals surface area contributed by atoms with Crippen LogP contribution in [0.15, 0.2) is 47.4 Å². The van der Waals surface area contributed by atoms with E-state index in [1.807, 2.05) is 0 Å². The molecule has 9 heteroatoms. The number of halogens is 2. The zero-order chi connectivity index (χ0) is 20.1. The maximum absolute atomic E-state index is 12.6. The Hall–Kier alpha value is -1.80. The highest BCUT2D eigenvalue weighted by atomic mass is 35.5. The van der Waals surface area contributed by atoms with Gasteiger partial charge in [-0.1, -0.05) is 35.7 Å². The molecule has 0 bridgehead atoms. The van der Waals surface area contributed by atoms with Crippen LogP contribution in [0.4, 0.5) is 11.4 Å². The topological polar surface area (TPSA) is 78.5 Å². The lowest BCUT2D eigenvalue weighted by molar-refractivity contribution is -0.114. The number of hydrogen-bond donors (Lipinski definition) is 2. The molecule has 0 saturated carbocycles. The molecule has 1 aliphatic heterocycles. The molecule has 150 valence electrons. The van der Waals surface area contributed by atoms with Crippen molar-refractivity contribution in [1.29, 1.82) is 0 Å². The molecule has 3 rings (SSSR count). The highest BCUT2D eigenvalue weighted by molar-refractivity contribution is 7.89. The van der Waals surface area contributed by atoms with Crippen LogP contribution in [0.5, 0.6) is 0 Å². The number of carbonyl (C=O) groups excluding carboxylic acids is 1. The lowest BCUT2D eigenvalue weighted by atomic mass is 10.2. The van der Waals surface area contributed by atoms with Gasteiger partial charge in [-0.2, -0.15) is 4.31 Å². The Morgan fingerprint density at radius 1 is 1.00 bits per heavy atom. The van der Waals surface area contributed by atoms with Crippen molar-refractivity contribution in [3.63, 3.8) is 0 Å². The van der Waals surface area contributed by atoms with Gasteiger partial charge in [0.25, 0.3) is 0 Å². The van der Waals surface area contributed by atoms with Crippen molar-refractivity contribution >= 4 is 50.5 Å². The molecule has 0 atom stereocenters. The minimum absolute atomic E-state index is 0.00606. The molecule has 0 aliphatic carbocycles. The molecule has 1 amide bonds. The van der Waals surface area contributed by atoms with Gasteiger partial charge in [0.15, 0.2) is 0 Å². The van der Waals surface area contributed by atoms with Crippen molar-refractivity contribution in [1.82, 2.24) is 4.31 Å². The smallest absolute Gasteiger partial charge is 0.243 e. The SMILES string of the molecule is O=C(CNc1cccc(Cl)c1Cl)Nc1ccc(S(=O)(=O)N2CCCCC2)cc1. The minimum Gasteiger partial charge on any atom is -0.375 e. The van der Waals surface area contributed by atoms with Crippen molar-refractivity contribution in [3.05, 3.63) is 52.5 Å². The third kappa shape index (κ3) is 4.97. The van der Waals surface area contributed by atoms with Crippen LogP contribution in [0.3, 0.4) is 0 Å². The number of piperidine rings is 1. The molecule has 0 unspecified atom stereocenters. The van der Waals surface area contributed by atoms with Crippen molar-refractivity contribution in [2.24, 2.45) is 0 Å². The molecule has 1 aliphatic rings. The maximum atomic E-state index is 12.6. The van der Waals surface area contributed by atoms with Crippen LogP contribution in [-0.2, 0) is 14.8 Å². The fourth-order valence-electron chi connectivity index (χ4n) is 2.99. The van der Waals surface area contributed by atoms with Crippen molar-refractivity contribution in [2.75, 3.05) is 30.3 Å². The summed E-state index contributed by atoms with van der Waals surface area (Å²) in [7, 11) is -3.48. The van der Waals surface area contributed by atoms with Gasteiger partial charge in [0.1, 0.15) is 0 Å². The number of sulfonamides is 1. The summed E-state index contributed by atoms with van der Waals surface area (Å²) in [6.45, 7) is 1.10. The quantitative estimate of drug-likeness (QED) is 0.702. The number of rotatable bonds is 6. The van der Waals surface area contributed by atoms with Gasteiger partial charge in [0.2, 0.25) is 15.9 Å². The van der Waals surface area contributed by atoms with Gasteiger partial charge in [-0.15, -0.1) is 0 Å². The first-order valence-corrected chi connectivity index (χ1v) is 11.2. The van der Waals surface area contributed by atoms with Gasteiger partial charge < -0.3 is 10.6 Å². The predicted molar refractivity (Wildman–Crippen MR) is 113 cm³/mol. The average Bonchev–Trinajstić information content (AvgIpc) is 2.70. The second-order valence-electron chi connectivity index (χ2n) is 6.49. The van der Waals surface area contributed by atoms with Crippen molar-refractivity contribution in [2.45, 2.75) is 24.2 Å². The van der Waals surface area contributed by atoms with E-state index in [-0.39, 0.29) is 17.3 Å². The number of nitrogens with one attached hydrogen (secondary N) is 2. The summed E-state index contributed by atoms with van der Waals surface area (Å²) in [6, 6.07) is 11.3. The first-order valence-electron chi connectivity index (χ1n) is 8.96. The molecule has 2 aromatic carbocycles. The molecule has 0 spiro atoms. The lowest BCUT2D eigenvalue weighted by Gasteiger charge is -2.25. The number of nitrogens with zero attached hydrogens (tertiary/aromatic N) is 1. The van der Waals surface area contributed by atoms with Crippen LogP contribution in [0.1, 0.15) is 19.3 Å². The van der Waals surface area contributed by atoms with Gasteiger partial charge in [-0.3, -0.25) is 4.79 Å². The van der Waals surface area contributed by atoms with Crippen LogP contribution in [0.2, 0.25) is 10.0 Å². The maximum Gasteiger partial charge on any atom is 0.243 e. The highest BCUT2D eigenvalue weighted by Gasteiger charge is 2.25. The lowest BCUT2D eigenvalue weighted by Crippen LogP contribution is -2.35. The van der Waals surface area contributed by atoms with Crippen molar-refractivity contribution < 1.29 is 13.2 Å². The van der Waals surface area contributed by atoms with Crippen LogP contribution < -0.4 is 10.6 Å². The van der Waals surface area contributed by atoms with E-state index in [2.05, 4.69) is 10.6 Å². The van der Waals surface area contributed by atoms with Gasteiger partial charge >= 0.3 is 0 Å². The highest BCUT2D eigenvalue weighted by Crippen LogP contribution is 2.29. The average molecular weight is 442 g/mol. The van der Waals surface area contributed by atoms with Crippen molar-refractivity contribution in [3.8, 4) is 0 Å². The Bertz CT molecular complexity index is 943. The first-order chi connectivity index (χ1) is 13.4. The Labute approximate surface area is 174 Å². The molecule has 6 nitrogen and oxygen atoms in total. The summed E-state index contributed by atoms with van der Waals surface area (Å²) in [6.07, 6.45) is 2.83. The Morgan fingerprint density at radius 2 is 1.68 bits per heavy atom. The molecule has 1 heterocycles. The molecule has 2 N–H and O–H groups in total. The standard InChI is InChI=1S/C19H21Cl2N3O3S/c20-16-5-4-6-17(19(16)21)22-13-18(25)23-14-7-9-15(10-8-14)28(26,27)24-11-2-1-3-12-24/h4-10,22H,1-3,11-13H2,(H,23,25). The second-order valence-corrected chi connectivity index (χ2v) is 9.22. The fraction of sp³-hybridized carbons (Fsp3) is 0.316. The second kappa shape index (κ2) is 9.13. The van der Waals surface area contributed by atoms with Crippen LogP contribution >= 0.6 is 23.2 Å². The molecule has 0 aromatic heterocycles. The van der Waals surface area contributed by atoms with E-state index in [1.54, 1.807) is 30.3 Å². The molecule has 1 fully saturated rings. The van der Waals surface area contributed by atoms with E-state index in [9.17, 15) is 13.2 Å². The van der Waals surface area contributed by atoms with Gasteiger partial charge in [-0.25, -0.2) is 8.42 Å². The molecular formula is C19H21Cl2N3O3S. The van der Waals surface area contributed by atoms with E-state index in [0.717, 1.165) is 19.3 Å². The number of carbonyl (C=O) groups is 1. The Balaban J connectivity index is 1.59. The van der Waals surface area contributed by atoms with E-state index in [1.165, 1.54) is 16.4 Å². The van der Waals surface area contributed by atoms with Crippen LogP contribution in [-0.4, -0.2) is 38.3 Å². The summed E-state index contributed by atoms with van der Waals surface area (Å²) in [5.41, 5.74) is 1.08. The summed E-state index contributed by atoms with van der Waals surface area (Å²) in [4.78, 5) is 12.4.